The molecule has 1 N–H and O–H groups in total. The number of H-pyrrole nitrogens is 1. The number of rotatable bonds is 3. The Morgan fingerprint density at radius 3 is 2.96 bits per heavy atom. The van der Waals surface area contributed by atoms with Crippen LogP contribution in [0.5, 0.6) is 0 Å². The Labute approximate surface area is 158 Å². The van der Waals surface area contributed by atoms with Gasteiger partial charge in [-0.15, -0.1) is 0 Å². The number of aromatic nitrogens is 1. The molecule has 1 amide bonds. The molecule has 2 aliphatic heterocycles. The lowest BCUT2D eigenvalue weighted by molar-refractivity contribution is -0.139. The highest BCUT2D eigenvalue weighted by molar-refractivity contribution is 5.90. The standard InChI is InChI=1S/C21H26FN3O2/c1-13-17(18-8-15(22)4-5-19(18)23-13)9-21(26)24-6-7-25-16(10-24)11-27-12-20(25)14-2-3-14/h4-5,8,14,16,20,23H,2-3,6-7,9-12H2,1H3/t16-,20-/m1/s1. The number of aromatic amines is 1. The minimum Gasteiger partial charge on any atom is -0.378 e. The molecule has 0 radical (unpaired) electrons. The van der Waals surface area contributed by atoms with Crippen LogP contribution in [0.3, 0.4) is 0 Å². The van der Waals surface area contributed by atoms with Gasteiger partial charge >= 0.3 is 0 Å². The summed E-state index contributed by atoms with van der Waals surface area (Å²) in [5.74, 6) is 0.643. The topological polar surface area (TPSA) is 48.6 Å². The summed E-state index contributed by atoms with van der Waals surface area (Å²) in [6.45, 7) is 5.95. The number of nitrogens with zero attached hydrogens (tertiary/aromatic N) is 2. The van der Waals surface area contributed by atoms with E-state index in [1.54, 1.807) is 6.07 Å². The van der Waals surface area contributed by atoms with Crippen LogP contribution in [0.15, 0.2) is 18.2 Å². The quantitative estimate of drug-likeness (QED) is 0.902. The highest BCUT2D eigenvalue weighted by atomic mass is 19.1. The number of carbonyl (C=O) groups excluding carboxylic acids is 1. The summed E-state index contributed by atoms with van der Waals surface area (Å²) in [5, 5.41) is 0.814. The van der Waals surface area contributed by atoms with E-state index in [4.69, 9.17) is 4.74 Å². The minimum absolute atomic E-state index is 0.122. The molecular weight excluding hydrogens is 345 g/mol. The van der Waals surface area contributed by atoms with Crippen molar-refractivity contribution in [3.05, 3.63) is 35.3 Å². The summed E-state index contributed by atoms with van der Waals surface area (Å²) in [7, 11) is 0. The molecule has 1 aromatic carbocycles. The fourth-order valence-corrected chi connectivity index (χ4v) is 4.83. The molecule has 6 heteroatoms. The van der Waals surface area contributed by atoms with Crippen LogP contribution < -0.4 is 0 Å². The highest BCUT2D eigenvalue weighted by Gasteiger charge is 2.43. The van der Waals surface area contributed by atoms with E-state index in [0.717, 1.165) is 54.3 Å². The van der Waals surface area contributed by atoms with Crippen LogP contribution in [0, 0.1) is 18.7 Å². The number of morpholine rings is 1. The fraction of sp³-hybridized carbons (Fsp3) is 0.571. The van der Waals surface area contributed by atoms with E-state index in [9.17, 15) is 9.18 Å². The van der Waals surface area contributed by atoms with Gasteiger partial charge in [-0.3, -0.25) is 9.69 Å². The molecule has 2 aromatic rings. The minimum atomic E-state index is -0.269. The molecule has 3 heterocycles. The average molecular weight is 371 g/mol. The Morgan fingerprint density at radius 1 is 1.30 bits per heavy atom. The summed E-state index contributed by atoms with van der Waals surface area (Å²) in [5.41, 5.74) is 2.74. The number of aryl methyl sites for hydroxylation is 1. The van der Waals surface area contributed by atoms with Crippen molar-refractivity contribution in [3.63, 3.8) is 0 Å². The predicted octanol–water partition coefficient (Wildman–Crippen LogP) is 2.48. The van der Waals surface area contributed by atoms with Crippen molar-refractivity contribution in [3.8, 4) is 0 Å². The van der Waals surface area contributed by atoms with E-state index in [2.05, 4.69) is 9.88 Å². The lowest BCUT2D eigenvalue weighted by Gasteiger charge is -2.48. The van der Waals surface area contributed by atoms with E-state index in [1.165, 1.54) is 25.0 Å². The van der Waals surface area contributed by atoms with Crippen LogP contribution in [0.1, 0.15) is 24.1 Å². The zero-order chi connectivity index (χ0) is 18.5. The van der Waals surface area contributed by atoms with Crippen LogP contribution in [-0.2, 0) is 16.0 Å². The van der Waals surface area contributed by atoms with Gasteiger partial charge in [-0.2, -0.15) is 0 Å². The fourth-order valence-electron chi connectivity index (χ4n) is 4.83. The molecule has 27 heavy (non-hydrogen) atoms. The van der Waals surface area contributed by atoms with Gasteiger partial charge in [0.15, 0.2) is 0 Å². The van der Waals surface area contributed by atoms with E-state index in [0.29, 0.717) is 25.1 Å². The largest absolute Gasteiger partial charge is 0.378 e. The molecule has 0 spiro atoms. The van der Waals surface area contributed by atoms with Gasteiger partial charge in [0.2, 0.25) is 5.91 Å². The summed E-state index contributed by atoms with van der Waals surface area (Å²) < 4.78 is 19.5. The Balaban J connectivity index is 1.31. The van der Waals surface area contributed by atoms with Crippen molar-refractivity contribution in [2.75, 3.05) is 32.8 Å². The first-order valence-electron chi connectivity index (χ1n) is 9.98. The lowest BCUT2D eigenvalue weighted by atomic mass is 10.0. The van der Waals surface area contributed by atoms with Gasteiger partial charge in [0, 0.05) is 42.3 Å². The van der Waals surface area contributed by atoms with Crippen LogP contribution in [0.2, 0.25) is 0 Å². The number of benzene rings is 1. The number of carbonyl (C=O) groups is 1. The van der Waals surface area contributed by atoms with E-state index in [1.807, 2.05) is 11.8 Å². The van der Waals surface area contributed by atoms with Crippen LogP contribution >= 0.6 is 0 Å². The van der Waals surface area contributed by atoms with Crippen molar-refractivity contribution < 1.29 is 13.9 Å². The van der Waals surface area contributed by atoms with Gasteiger partial charge in [-0.05, 0) is 49.4 Å². The number of nitrogens with one attached hydrogen (secondary N) is 1. The zero-order valence-electron chi connectivity index (χ0n) is 15.7. The smallest absolute Gasteiger partial charge is 0.227 e. The third-order valence-electron chi connectivity index (χ3n) is 6.48. The Kier molecular flexibility index (Phi) is 4.20. The van der Waals surface area contributed by atoms with Gasteiger partial charge in [0.25, 0.3) is 0 Å². The molecule has 1 aromatic heterocycles. The predicted molar refractivity (Wildman–Crippen MR) is 101 cm³/mol. The third kappa shape index (κ3) is 3.15. The SMILES string of the molecule is Cc1[nH]c2ccc(F)cc2c1CC(=O)N1CCN2[C@@H](COC[C@@H]2C2CC2)C1. The molecule has 5 rings (SSSR count). The Bertz CT molecular complexity index is 876. The number of piperazine rings is 1. The summed E-state index contributed by atoms with van der Waals surface area (Å²) >= 11 is 0. The maximum atomic E-state index is 13.7. The second kappa shape index (κ2) is 6.60. The van der Waals surface area contributed by atoms with Crippen LogP contribution in [0.25, 0.3) is 10.9 Å². The zero-order valence-corrected chi connectivity index (χ0v) is 15.7. The maximum absolute atomic E-state index is 13.7. The monoisotopic (exact) mass is 371 g/mol. The molecule has 1 aliphatic carbocycles. The number of hydrogen-bond acceptors (Lipinski definition) is 3. The van der Waals surface area contributed by atoms with E-state index >= 15 is 0 Å². The Hall–Kier alpha value is -1.92. The molecule has 3 fully saturated rings. The number of fused-ring (bicyclic) bond motifs is 2. The maximum Gasteiger partial charge on any atom is 0.227 e. The molecule has 3 aliphatic rings. The summed E-state index contributed by atoms with van der Waals surface area (Å²) in [4.78, 5) is 20.8. The van der Waals surface area contributed by atoms with Crippen molar-refractivity contribution in [2.24, 2.45) is 5.92 Å². The number of halogens is 1. The molecule has 0 unspecified atom stereocenters. The second-order valence-corrected chi connectivity index (χ2v) is 8.27. The molecule has 2 saturated heterocycles. The van der Waals surface area contributed by atoms with Crippen molar-refractivity contribution in [1.29, 1.82) is 0 Å². The van der Waals surface area contributed by atoms with Crippen molar-refractivity contribution >= 4 is 16.8 Å². The molecule has 2 atom stereocenters. The van der Waals surface area contributed by atoms with Crippen LogP contribution in [0.4, 0.5) is 4.39 Å². The molecule has 1 saturated carbocycles. The molecule has 144 valence electrons. The average Bonchev–Trinajstić information content (AvgIpc) is 3.47. The molecule has 0 bridgehead atoms. The third-order valence-corrected chi connectivity index (χ3v) is 6.48. The normalized spacial score (nSPS) is 26.4. The molecular formula is C21H26FN3O2. The van der Waals surface area contributed by atoms with Gasteiger partial charge in [-0.25, -0.2) is 4.39 Å². The van der Waals surface area contributed by atoms with E-state index in [-0.39, 0.29) is 11.7 Å². The highest BCUT2D eigenvalue weighted by Crippen LogP contribution is 2.38. The molecule has 5 nitrogen and oxygen atoms in total. The van der Waals surface area contributed by atoms with Gasteiger partial charge in [-0.1, -0.05) is 0 Å². The van der Waals surface area contributed by atoms with Crippen molar-refractivity contribution in [2.45, 2.75) is 38.3 Å². The van der Waals surface area contributed by atoms with Gasteiger partial charge in [0.1, 0.15) is 5.82 Å². The number of hydrogen-bond donors (Lipinski definition) is 1. The Morgan fingerprint density at radius 2 is 2.15 bits per heavy atom. The second-order valence-electron chi connectivity index (χ2n) is 8.27. The van der Waals surface area contributed by atoms with Gasteiger partial charge < -0.3 is 14.6 Å². The number of amides is 1. The first-order valence-corrected chi connectivity index (χ1v) is 9.98. The first-order chi connectivity index (χ1) is 13.1. The lowest BCUT2D eigenvalue weighted by Crippen LogP contribution is -2.63. The van der Waals surface area contributed by atoms with Crippen LogP contribution in [-0.4, -0.2) is 65.6 Å². The van der Waals surface area contributed by atoms with Crippen molar-refractivity contribution in [1.82, 2.24) is 14.8 Å². The summed E-state index contributed by atoms with van der Waals surface area (Å²) in [6.07, 6.45) is 2.95. The van der Waals surface area contributed by atoms with Gasteiger partial charge in [0.05, 0.1) is 25.7 Å². The summed E-state index contributed by atoms with van der Waals surface area (Å²) in [6, 6.07) is 5.56. The number of ether oxygens (including phenoxy) is 1. The van der Waals surface area contributed by atoms with E-state index < -0.39 is 0 Å². The first kappa shape index (κ1) is 17.2.